The third-order valence-corrected chi connectivity index (χ3v) is 5.19. The Morgan fingerprint density at radius 1 is 1.08 bits per heavy atom. The van der Waals surface area contributed by atoms with Crippen molar-refractivity contribution in [3.8, 4) is 0 Å². The fourth-order valence-corrected chi connectivity index (χ4v) is 3.89. The smallest absolute Gasteiger partial charge is 0.178 e. The Kier molecular flexibility index (Phi) is 3.17. The molecule has 2 aliphatic rings. The van der Waals surface area contributed by atoms with Crippen molar-refractivity contribution in [3.05, 3.63) is 41.7 Å². The van der Waals surface area contributed by atoms with Crippen LogP contribution in [0.2, 0.25) is 0 Å². The van der Waals surface area contributed by atoms with Gasteiger partial charge in [0.1, 0.15) is 12.1 Å². The second-order valence-corrected chi connectivity index (χ2v) is 6.63. The molecule has 7 heteroatoms. The highest BCUT2D eigenvalue weighted by Gasteiger charge is 2.26. The number of aromatic nitrogens is 6. The Morgan fingerprint density at radius 3 is 2.83 bits per heavy atom. The van der Waals surface area contributed by atoms with Crippen LogP contribution in [0.1, 0.15) is 42.3 Å². The van der Waals surface area contributed by atoms with Crippen molar-refractivity contribution in [2.45, 2.75) is 38.0 Å². The maximum atomic E-state index is 4.83. The van der Waals surface area contributed by atoms with Crippen LogP contribution < -0.4 is 4.90 Å². The molecule has 3 aromatic heterocycles. The molecule has 0 unspecified atom stereocenters. The Labute approximate surface area is 139 Å². The lowest BCUT2D eigenvalue weighted by Crippen LogP contribution is -2.34. The lowest BCUT2D eigenvalue weighted by atomic mass is 9.96. The first-order chi connectivity index (χ1) is 11.9. The summed E-state index contributed by atoms with van der Waals surface area (Å²) in [5, 5.41) is 13.7. The van der Waals surface area contributed by atoms with Crippen LogP contribution in [-0.2, 0) is 12.8 Å². The molecule has 1 saturated heterocycles. The van der Waals surface area contributed by atoms with Gasteiger partial charge in [0.05, 0.1) is 5.69 Å². The first-order valence-electron chi connectivity index (χ1n) is 8.63. The molecule has 3 aromatic rings. The van der Waals surface area contributed by atoms with Crippen LogP contribution in [0.3, 0.4) is 0 Å². The summed E-state index contributed by atoms with van der Waals surface area (Å²) >= 11 is 0. The number of rotatable bonds is 2. The summed E-state index contributed by atoms with van der Waals surface area (Å²) in [6, 6.07) is 4.14. The lowest BCUT2D eigenvalue weighted by Gasteiger charge is -2.31. The Hall–Kier alpha value is -2.57. The van der Waals surface area contributed by atoms with Gasteiger partial charge in [0.15, 0.2) is 11.5 Å². The summed E-state index contributed by atoms with van der Waals surface area (Å²) in [6.07, 6.45) is 8.90. The zero-order chi connectivity index (χ0) is 15.9. The van der Waals surface area contributed by atoms with Gasteiger partial charge < -0.3 is 4.90 Å². The molecule has 1 aliphatic heterocycles. The molecule has 0 atom stereocenters. The molecule has 4 heterocycles. The number of anilines is 1. The number of hydrogen-bond donors (Lipinski definition) is 0. The van der Waals surface area contributed by atoms with E-state index in [4.69, 9.17) is 5.10 Å². The highest BCUT2D eigenvalue weighted by Crippen LogP contribution is 2.29. The van der Waals surface area contributed by atoms with E-state index in [1.165, 1.54) is 17.7 Å². The summed E-state index contributed by atoms with van der Waals surface area (Å²) in [7, 11) is 0. The third-order valence-electron chi connectivity index (χ3n) is 5.19. The van der Waals surface area contributed by atoms with Crippen molar-refractivity contribution < 1.29 is 0 Å². The molecule has 0 saturated carbocycles. The summed E-state index contributed by atoms with van der Waals surface area (Å²) in [6.45, 7) is 1.95. The van der Waals surface area contributed by atoms with E-state index < -0.39 is 0 Å². The van der Waals surface area contributed by atoms with Crippen LogP contribution in [0.5, 0.6) is 0 Å². The van der Waals surface area contributed by atoms with Crippen molar-refractivity contribution in [2.75, 3.05) is 18.0 Å². The molecule has 1 fully saturated rings. The number of piperidine rings is 1. The summed E-state index contributed by atoms with van der Waals surface area (Å²) < 4.78 is 1.98. The van der Waals surface area contributed by atoms with Crippen LogP contribution >= 0.6 is 0 Å². The van der Waals surface area contributed by atoms with Crippen LogP contribution in [0.25, 0.3) is 5.65 Å². The Balaban J connectivity index is 1.39. The number of hydrogen-bond acceptors (Lipinski definition) is 6. The van der Waals surface area contributed by atoms with E-state index in [1.807, 2.05) is 10.6 Å². The van der Waals surface area contributed by atoms with Gasteiger partial charge in [-0.2, -0.15) is 9.61 Å². The largest absolute Gasteiger partial charge is 0.356 e. The fourth-order valence-electron chi connectivity index (χ4n) is 3.89. The van der Waals surface area contributed by atoms with Crippen molar-refractivity contribution in [2.24, 2.45) is 0 Å². The quantitative estimate of drug-likeness (QED) is 0.716. The minimum Gasteiger partial charge on any atom is -0.356 e. The topological polar surface area (TPSA) is 72.1 Å². The van der Waals surface area contributed by atoms with Gasteiger partial charge in [-0.15, -0.1) is 10.2 Å². The second-order valence-electron chi connectivity index (χ2n) is 6.63. The molecular formula is C17H19N7. The van der Waals surface area contributed by atoms with Gasteiger partial charge in [-0.3, -0.25) is 0 Å². The minimum atomic E-state index is 0.407. The lowest BCUT2D eigenvalue weighted by molar-refractivity contribution is 0.474. The normalized spacial score (nSPS) is 18.2. The van der Waals surface area contributed by atoms with E-state index in [-0.39, 0.29) is 0 Å². The van der Waals surface area contributed by atoms with E-state index in [0.717, 1.165) is 56.1 Å². The average Bonchev–Trinajstić information content (AvgIpc) is 3.26. The zero-order valence-electron chi connectivity index (χ0n) is 13.5. The minimum absolute atomic E-state index is 0.407. The van der Waals surface area contributed by atoms with Crippen LogP contribution in [0.15, 0.2) is 24.7 Å². The van der Waals surface area contributed by atoms with Gasteiger partial charge in [-0.1, -0.05) is 0 Å². The molecule has 7 nitrogen and oxygen atoms in total. The molecule has 0 radical (unpaired) electrons. The highest BCUT2D eigenvalue weighted by atomic mass is 15.4. The van der Waals surface area contributed by atoms with E-state index in [1.54, 1.807) is 12.5 Å². The molecule has 0 spiro atoms. The number of aryl methyl sites for hydroxylation is 2. The second kappa shape index (κ2) is 5.51. The molecule has 122 valence electrons. The standard InChI is InChI=1S/C17H19N7/c1-2-13-10-16-20-21-17(24(16)22-14(13)3-1)12-5-8-23(9-6-12)15-4-7-18-11-19-15/h4,7,10-12H,1-3,5-6,8-9H2. The number of nitrogens with zero attached hydrogens (tertiary/aromatic N) is 7. The molecule has 0 aromatic carbocycles. The molecule has 1 aliphatic carbocycles. The van der Waals surface area contributed by atoms with Gasteiger partial charge >= 0.3 is 0 Å². The van der Waals surface area contributed by atoms with E-state index in [9.17, 15) is 0 Å². The highest BCUT2D eigenvalue weighted by molar-refractivity contribution is 5.43. The first kappa shape index (κ1) is 13.8. The van der Waals surface area contributed by atoms with Gasteiger partial charge in [0.2, 0.25) is 0 Å². The number of fused-ring (bicyclic) bond motifs is 2. The van der Waals surface area contributed by atoms with E-state index in [2.05, 4.69) is 31.1 Å². The van der Waals surface area contributed by atoms with E-state index >= 15 is 0 Å². The average molecular weight is 321 g/mol. The summed E-state index contributed by atoms with van der Waals surface area (Å²) in [5.41, 5.74) is 3.46. The van der Waals surface area contributed by atoms with Gasteiger partial charge in [0.25, 0.3) is 0 Å². The monoisotopic (exact) mass is 321 g/mol. The van der Waals surface area contributed by atoms with Crippen LogP contribution in [-0.4, -0.2) is 42.9 Å². The van der Waals surface area contributed by atoms with Crippen LogP contribution in [0.4, 0.5) is 5.82 Å². The molecule has 0 bridgehead atoms. The first-order valence-corrected chi connectivity index (χ1v) is 8.63. The van der Waals surface area contributed by atoms with Gasteiger partial charge in [-0.05, 0) is 49.8 Å². The SMILES string of the molecule is c1cc(N2CCC(c3nnc4cc5c(nn34)CCC5)CC2)ncn1. The third kappa shape index (κ3) is 2.23. The molecule has 24 heavy (non-hydrogen) atoms. The van der Waals surface area contributed by atoms with Crippen molar-refractivity contribution in [1.82, 2.24) is 29.8 Å². The maximum Gasteiger partial charge on any atom is 0.178 e. The predicted octanol–water partition coefficient (Wildman–Crippen LogP) is 1.79. The zero-order valence-corrected chi connectivity index (χ0v) is 13.5. The summed E-state index contributed by atoms with van der Waals surface area (Å²) in [4.78, 5) is 10.7. The molecular weight excluding hydrogens is 302 g/mol. The van der Waals surface area contributed by atoms with Crippen molar-refractivity contribution in [3.63, 3.8) is 0 Å². The van der Waals surface area contributed by atoms with Gasteiger partial charge in [0, 0.05) is 25.2 Å². The molecule has 5 rings (SSSR count). The Morgan fingerprint density at radius 2 is 2.00 bits per heavy atom. The predicted molar refractivity (Wildman–Crippen MR) is 89.0 cm³/mol. The Bertz CT molecular complexity index is 865. The molecule has 0 amide bonds. The fraction of sp³-hybridized carbons (Fsp3) is 0.471. The van der Waals surface area contributed by atoms with Crippen molar-refractivity contribution in [1.29, 1.82) is 0 Å². The maximum absolute atomic E-state index is 4.83. The van der Waals surface area contributed by atoms with Gasteiger partial charge in [-0.25, -0.2) is 9.97 Å². The van der Waals surface area contributed by atoms with E-state index in [0.29, 0.717) is 5.92 Å². The van der Waals surface area contributed by atoms with Crippen LogP contribution in [0, 0.1) is 0 Å². The summed E-state index contributed by atoms with van der Waals surface area (Å²) in [5.74, 6) is 2.43. The molecule has 0 N–H and O–H groups in total. The van der Waals surface area contributed by atoms with Crippen molar-refractivity contribution >= 4 is 11.5 Å².